The molecule has 0 bridgehead atoms. The van der Waals surface area contributed by atoms with Crippen molar-refractivity contribution in [2.75, 3.05) is 0 Å². The third kappa shape index (κ3) is 2.27. The summed E-state index contributed by atoms with van der Waals surface area (Å²) in [6.07, 6.45) is 9.14. The number of halogens is 1. The summed E-state index contributed by atoms with van der Waals surface area (Å²) in [5, 5.41) is 0. The van der Waals surface area contributed by atoms with Crippen LogP contribution < -0.4 is 0 Å². The molecule has 1 heterocycles. The molecule has 0 amide bonds. The van der Waals surface area contributed by atoms with Gasteiger partial charge in [-0.1, -0.05) is 29.3 Å². The van der Waals surface area contributed by atoms with E-state index in [4.69, 9.17) is 0 Å². The van der Waals surface area contributed by atoms with Gasteiger partial charge in [-0.25, -0.2) is 4.98 Å². The van der Waals surface area contributed by atoms with Crippen LogP contribution in [-0.4, -0.2) is 14.4 Å². The summed E-state index contributed by atoms with van der Waals surface area (Å²) < 4.78 is 2.18. The first-order valence-electron chi connectivity index (χ1n) is 5.83. The van der Waals surface area contributed by atoms with Gasteiger partial charge >= 0.3 is 0 Å². The lowest BCUT2D eigenvalue weighted by atomic mass is 9.77. The van der Waals surface area contributed by atoms with Crippen molar-refractivity contribution in [3.05, 3.63) is 18.2 Å². The van der Waals surface area contributed by atoms with Crippen molar-refractivity contribution in [1.82, 2.24) is 9.55 Å². The van der Waals surface area contributed by atoms with Gasteiger partial charge in [0, 0.05) is 30.2 Å². The molecule has 0 saturated heterocycles. The highest BCUT2D eigenvalue weighted by Crippen LogP contribution is 2.41. The average molecular weight is 271 g/mol. The topological polar surface area (TPSA) is 17.8 Å². The number of imidazole rings is 1. The average Bonchev–Trinajstić information content (AvgIpc) is 2.64. The first-order valence-corrected chi connectivity index (χ1v) is 6.75. The summed E-state index contributed by atoms with van der Waals surface area (Å²) in [6.45, 7) is 2.30. The Kier molecular flexibility index (Phi) is 3.49. The molecule has 0 aromatic carbocycles. The van der Waals surface area contributed by atoms with Gasteiger partial charge in [0.15, 0.2) is 0 Å². The van der Waals surface area contributed by atoms with Crippen LogP contribution in [0.4, 0.5) is 0 Å². The number of aromatic nitrogens is 2. The van der Waals surface area contributed by atoms with Crippen LogP contribution in [0.1, 0.15) is 44.3 Å². The minimum Gasteiger partial charge on any atom is -0.338 e. The van der Waals surface area contributed by atoms with Crippen LogP contribution in [0.15, 0.2) is 12.4 Å². The van der Waals surface area contributed by atoms with E-state index in [0.29, 0.717) is 10.7 Å². The second kappa shape index (κ2) is 4.69. The van der Waals surface area contributed by atoms with Gasteiger partial charge in [0.05, 0.1) is 0 Å². The number of nitrogens with zero attached hydrogens (tertiary/aromatic N) is 2. The van der Waals surface area contributed by atoms with Crippen LogP contribution in [0.3, 0.4) is 0 Å². The van der Waals surface area contributed by atoms with E-state index in [1.165, 1.54) is 31.5 Å². The Balaban J connectivity index is 2.20. The van der Waals surface area contributed by atoms with E-state index in [0.717, 1.165) is 5.92 Å². The molecule has 0 radical (unpaired) electrons. The van der Waals surface area contributed by atoms with Gasteiger partial charge in [-0.3, -0.25) is 0 Å². The minimum absolute atomic E-state index is 0.646. The third-order valence-electron chi connectivity index (χ3n) is 3.64. The van der Waals surface area contributed by atoms with Gasteiger partial charge < -0.3 is 4.57 Å². The molecule has 2 rings (SSSR count). The largest absolute Gasteiger partial charge is 0.338 e. The van der Waals surface area contributed by atoms with E-state index >= 15 is 0 Å². The number of rotatable bonds is 2. The Labute approximate surface area is 100 Å². The predicted molar refractivity (Wildman–Crippen MR) is 66.3 cm³/mol. The van der Waals surface area contributed by atoms with E-state index in [1.807, 2.05) is 6.20 Å². The SMILES string of the molecule is CCC1CCC(Br)CC1c1nccn1C. The van der Waals surface area contributed by atoms with Crippen LogP contribution >= 0.6 is 15.9 Å². The van der Waals surface area contributed by atoms with Crippen molar-refractivity contribution < 1.29 is 0 Å². The Hall–Kier alpha value is -0.310. The van der Waals surface area contributed by atoms with Crippen molar-refractivity contribution in [3.8, 4) is 0 Å². The zero-order chi connectivity index (χ0) is 10.8. The standard InChI is InChI=1S/C12H19BrN2/c1-3-9-4-5-10(13)8-11(9)12-14-6-7-15(12)2/h6-7,9-11H,3-5,8H2,1-2H3. The van der Waals surface area contributed by atoms with Crippen LogP contribution in [0.5, 0.6) is 0 Å². The zero-order valence-corrected chi connectivity index (χ0v) is 11.1. The predicted octanol–water partition coefficient (Wildman–Crippen LogP) is 3.48. The maximum absolute atomic E-state index is 4.51. The van der Waals surface area contributed by atoms with Gasteiger partial charge in [-0.15, -0.1) is 0 Å². The fourth-order valence-electron chi connectivity index (χ4n) is 2.72. The normalized spacial score (nSPS) is 31.8. The molecule has 0 N–H and O–H groups in total. The molecule has 1 aromatic rings. The molecule has 0 spiro atoms. The maximum atomic E-state index is 4.51. The van der Waals surface area contributed by atoms with Crippen molar-refractivity contribution in [2.24, 2.45) is 13.0 Å². The quantitative estimate of drug-likeness (QED) is 0.753. The van der Waals surface area contributed by atoms with Gasteiger partial charge in [0.1, 0.15) is 5.82 Å². The monoisotopic (exact) mass is 270 g/mol. The van der Waals surface area contributed by atoms with Gasteiger partial charge in [-0.2, -0.15) is 0 Å². The fourth-order valence-corrected chi connectivity index (χ4v) is 3.39. The Morgan fingerprint density at radius 1 is 1.53 bits per heavy atom. The van der Waals surface area contributed by atoms with Crippen LogP contribution in [0.25, 0.3) is 0 Å². The number of aryl methyl sites for hydroxylation is 1. The van der Waals surface area contributed by atoms with E-state index in [1.54, 1.807) is 0 Å². The Bertz CT molecular complexity index is 321. The molecule has 0 aliphatic heterocycles. The molecular formula is C12H19BrN2. The van der Waals surface area contributed by atoms with Crippen molar-refractivity contribution in [3.63, 3.8) is 0 Å². The van der Waals surface area contributed by atoms with Gasteiger partial charge in [-0.05, 0) is 25.2 Å². The lowest BCUT2D eigenvalue weighted by Crippen LogP contribution is -2.25. The summed E-state index contributed by atoms with van der Waals surface area (Å²) in [7, 11) is 2.10. The first kappa shape index (κ1) is 11.2. The maximum Gasteiger partial charge on any atom is 0.111 e. The van der Waals surface area contributed by atoms with E-state index in [-0.39, 0.29) is 0 Å². The molecule has 3 heteroatoms. The van der Waals surface area contributed by atoms with E-state index in [2.05, 4.69) is 45.6 Å². The summed E-state index contributed by atoms with van der Waals surface area (Å²) in [6, 6.07) is 0. The molecule has 1 fully saturated rings. The molecule has 1 aliphatic rings. The molecule has 1 aliphatic carbocycles. The molecule has 1 saturated carbocycles. The highest BCUT2D eigenvalue weighted by Gasteiger charge is 2.31. The van der Waals surface area contributed by atoms with Crippen molar-refractivity contribution in [1.29, 1.82) is 0 Å². The lowest BCUT2D eigenvalue weighted by Gasteiger charge is -2.33. The van der Waals surface area contributed by atoms with E-state index in [9.17, 15) is 0 Å². The van der Waals surface area contributed by atoms with Crippen molar-refractivity contribution in [2.45, 2.75) is 43.4 Å². The number of alkyl halides is 1. The highest BCUT2D eigenvalue weighted by atomic mass is 79.9. The third-order valence-corrected chi connectivity index (χ3v) is 4.48. The van der Waals surface area contributed by atoms with Gasteiger partial charge in [0.2, 0.25) is 0 Å². The fraction of sp³-hybridized carbons (Fsp3) is 0.750. The molecule has 84 valence electrons. The summed E-state index contributed by atoms with van der Waals surface area (Å²) in [5.41, 5.74) is 0. The smallest absolute Gasteiger partial charge is 0.111 e. The summed E-state index contributed by atoms with van der Waals surface area (Å²) >= 11 is 3.76. The molecular weight excluding hydrogens is 252 g/mol. The summed E-state index contributed by atoms with van der Waals surface area (Å²) in [4.78, 5) is 5.20. The Morgan fingerprint density at radius 2 is 2.33 bits per heavy atom. The summed E-state index contributed by atoms with van der Waals surface area (Å²) in [5.74, 6) is 2.74. The second-order valence-electron chi connectivity index (χ2n) is 4.58. The molecule has 15 heavy (non-hydrogen) atoms. The number of hydrogen-bond acceptors (Lipinski definition) is 1. The highest BCUT2D eigenvalue weighted by molar-refractivity contribution is 9.09. The van der Waals surface area contributed by atoms with Crippen LogP contribution in [-0.2, 0) is 7.05 Å². The second-order valence-corrected chi connectivity index (χ2v) is 5.88. The zero-order valence-electron chi connectivity index (χ0n) is 9.49. The van der Waals surface area contributed by atoms with Crippen molar-refractivity contribution >= 4 is 15.9 Å². The molecule has 3 unspecified atom stereocenters. The van der Waals surface area contributed by atoms with E-state index < -0.39 is 0 Å². The minimum atomic E-state index is 0.646. The number of hydrogen-bond donors (Lipinski definition) is 0. The first-order chi connectivity index (χ1) is 7.22. The molecule has 1 aromatic heterocycles. The van der Waals surface area contributed by atoms with Crippen LogP contribution in [0.2, 0.25) is 0 Å². The molecule has 2 nitrogen and oxygen atoms in total. The molecule has 3 atom stereocenters. The van der Waals surface area contributed by atoms with Crippen LogP contribution in [0, 0.1) is 5.92 Å². The Morgan fingerprint density at radius 3 is 2.93 bits per heavy atom. The van der Waals surface area contributed by atoms with Gasteiger partial charge in [0.25, 0.3) is 0 Å². The lowest BCUT2D eigenvalue weighted by molar-refractivity contribution is 0.294.